The van der Waals surface area contributed by atoms with Crippen molar-refractivity contribution in [2.45, 2.75) is 110 Å². The molecule has 0 aromatic carbocycles. The second-order valence-corrected chi connectivity index (χ2v) is 9.12. The number of quaternary nitrogens is 1. The number of hydrogen-bond acceptors (Lipinski definition) is 3. The highest BCUT2D eigenvalue weighted by molar-refractivity contribution is 7.43. The third-order valence-corrected chi connectivity index (χ3v) is 4.56. The second-order valence-electron chi connectivity index (χ2n) is 8.14. The largest absolute Gasteiger partial charge is 0.756 e. The van der Waals surface area contributed by atoms with Gasteiger partial charge in [-0.2, -0.15) is 4.65 Å². The third kappa shape index (κ3) is 41.5. The number of hydroxylamine groups is 3. The van der Waals surface area contributed by atoms with Crippen LogP contribution in [0.15, 0.2) is 0 Å². The average molecular weight is 412 g/mol. The third-order valence-electron chi connectivity index (χ3n) is 4.56. The lowest BCUT2D eigenvalue weighted by Gasteiger charge is -2.18. The van der Waals surface area contributed by atoms with Crippen LogP contribution >= 0.6 is 7.82 Å². The number of rotatable bonds is 17. The summed E-state index contributed by atoms with van der Waals surface area (Å²) in [6.07, 6.45) is 22.4. The summed E-state index contributed by atoms with van der Waals surface area (Å²) < 4.78 is 8.89. The van der Waals surface area contributed by atoms with Gasteiger partial charge in [-0.3, -0.25) is 4.57 Å². The molecule has 0 heterocycles. The molecule has 0 saturated carbocycles. The summed E-state index contributed by atoms with van der Waals surface area (Å²) in [7, 11) is -1.18. The molecular formula is C20H46NO5P. The molecule has 0 bridgehead atoms. The van der Waals surface area contributed by atoms with E-state index in [-0.39, 0.29) is 4.65 Å². The molecule has 0 radical (unpaired) electrons. The molecule has 27 heavy (non-hydrogen) atoms. The molecule has 6 nitrogen and oxygen atoms in total. The van der Waals surface area contributed by atoms with Gasteiger partial charge in [0.1, 0.15) is 6.54 Å². The molecular weight excluding hydrogens is 365 g/mol. The van der Waals surface area contributed by atoms with Crippen molar-refractivity contribution in [1.29, 1.82) is 0 Å². The number of nitrogens with zero attached hydrogens (tertiary/aromatic N) is 1. The van der Waals surface area contributed by atoms with Crippen LogP contribution in [0.25, 0.3) is 0 Å². The van der Waals surface area contributed by atoms with Gasteiger partial charge in [0.15, 0.2) is 0 Å². The Labute approximate surface area is 167 Å². The van der Waals surface area contributed by atoms with Crippen molar-refractivity contribution in [2.24, 2.45) is 0 Å². The molecule has 0 fully saturated rings. The molecule has 0 spiro atoms. The van der Waals surface area contributed by atoms with E-state index in [0.717, 1.165) is 13.0 Å². The number of hydrogen-bond donors (Lipinski definition) is 3. The summed E-state index contributed by atoms with van der Waals surface area (Å²) in [6.45, 7) is 3.17. The SMILES string of the molecule is CCCCCCCCCCCCCCCCCC[N+](C)(C)O.O=P([O-])(O)O. The van der Waals surface area contributed by atoms with Crippen molar-refractivity contribution >= 4 is 7.82 Å². The van der Waals surface area contributed by atoms with Crippen molar-refractivity contribution in [3.05, 3.63) is 0 Å². The lowest BCUT2D eigenvalue weighted by Crippen LogP contribution is -2.36. The maximum Gasteiger partial charge on any atom is 0.262 e. The van der Waals surface area contributed by atoms with Crippen LogP contribution < -0.4 is 4.89 Å². The molecule has 7 heteroatoms. The Bertz CT molecular complexity index is 333. The Morgan fingerprint density at radius 3 is 1.11 bits per heavy atom. The van der Waals surface area contributed by atoms with Crippen LogP contribution in [0.3, 0.4) is 0 Å². The van der Waals surface area contributed by atoms with E-state index >= 15 is 0 Å². The Morgan fingerprint density at radius 2 is 0.889 bits per heavy atom. The second kappa shape index (κ2) is 19.4. The van der Waals surface area contributed by atoms with E-state index < -0.39 is 7.82 Å². The maximum atomic E-state index is 9.57. The first-order valence-electron chi connectivity index (χ1n) is 10.9. The minimum Gasteiger partial charge on any atom is -0.756 e. The maximum absolute atomic E-state index is 9.57. The Morgan fingerprint density at radius 1 is 0.667 bits per heavy atom. The molecule has 0 rings (SSSR count). The van der Waals surface area contributed by atoms with Gasteiger partial charge < -0.3 is 14.7 Å². The van der Waals surface area contributed by atoms with Crippen LogP contribution in [0.1, 0.15) is 110 Å². The van der Waals surface area contributed by atoms with E-state index in [1.54, 1.807) is 0 Å². The van der Waals surface area contributed by atoms with Crippen molar-refractivity contribution in [3.63, 3.8) is 0 Å². The van der Waals surface area contributed by atoms with Crippen molar-refractivity contribution in [2.75, 3.05) is 20.6 Å². The summed E-state index contributed by atoms with van der Waals surface area (Å²) in [4.78, 5) is 22.9. The summed E-state index contributed by atoms with van der Waals surface area (Å²) in [5.74, 6) is 0. The topological polar surface area (TPSA) is 101 Å². The minimum absolute atomic E-state index is 0.124. The number of phosphoric acid groups is 1. The van der Waals surface area contributed by atoms with Gasteiger partial charge in [-0.15, -0.1) is 0 Å². The first kappa shape index (κ1) is 29.2. The summed E-state index contributed by atoms with van der Waals surface area (Å²) in [5, 5.41) is 9.57. The van der Waals surface area contributed by atoms with E-state index in [0.29, 0.717) is 0 Å². The van der Waals surface area contributed by atoms with Crippen LogP contribution in [0.5, 0.6) is 0 Å². The minimum atomic E-state index is -4.89. The molecule has 0 aliphatic carbocycles. The van der Waals surface area contributed by atoms with Crippen molar-refractivity contribution < 1.29 is 29.1 Å². The van der Waals surface area contributed by atoms with Crippen LogP contribution in [0, 0.1) is 0 Å². The molecule has 0 aromatic heterocycles. The Kier molecular flexibility index (Phi) is 21.0. The normalized spacial score (nSPS) is 12.0. The molecule has 0 atom stereocenters. The highest BCUT2D eigenvalue weighted by Crippen LogP contribution is 2.19. The van der Waals surface area contributed by atoms with Gasteiger partial charge in [0.05, 0.1) is 14.1 Å². The van der Waals surface area contributed by atoms with Gasteiger partial charge >= 0.3 is 0 Å². The predicted molar refractivity (Wildman–Crippen MR) is 110 cm³/mol. The smallest absolute Gasteiger partial charge is 0.262 e. The molecule has 0 aliphatic heterocycles. The van der Waals surface area contributed by atoms with E-state index in [4.69, 9.17) is 19.2 Å². The average Bonchev–Trinajstić information content (AvgIpc) is 2.52. The van der Waals surface area contributed by atoms with Gasteiger partial charge in [0, 0.05) is 0 Å². The zero-order valence-corrected chi connectivity index (χ0v) is 19.0. The highest BCUT2D eigenvalue weighted by Gasteiger charge is 2.08. The van der Waals surface area contributed by atoms with Crippen LogP contribution in [0.2, 0.25) is 0 Å². The molecule has 0 aromatic rings. The van der Waals surface area contributed by atoms with Crippen molar-refractivity contribution in [3.8, 4) is 0 Å². The lowest BCUT2D eigenvalue weighted by molar-refractivity contribution is -1.07. The molecule has 0 unspecified atom stereocenters. The fraction of sp³-hybridized carbons (Fsp3) is 1.00. The fourth-order valence-electron chi connectivity index (χ4n) is 3.05. The van der Waals surface area contributed by atoms with E-state index in [2.05, 4.69) is 6.92 Å². The Balaban J connectivity index is 0. The molecule has 166 valence electrons. The quantitative estimate of drug-likeness (QED) is 0.133. The summed E-state index contributed by atoms with van der Waals surface area (Å²) in [5.41, 5.74) is 0. The standard InChI is InChI=1S/C20H44NO.H3O4P/c1-4-5-6-7-8-9-10-11-12-13-14-15-16-17-18-19-20-21(2,3)22;1-5(2,3)4/h22H,4-20H2,1-3H3;(H3,1,2,3,4)/q+1;/p-1. The molecule has 3 N–H and O–H groups in total. The monoisotopic (exact) mass is 411 g/mol. The molecule has 0 amide bonds. The van der Waals surface area contributed by atoms with E-state index in [1.165, 1.54) is 96.3 Å². The van der Waals surface area contributed by atoms with Gasteiger partial charge in [-0.05, 0) is 12.8 Å². The van der Waals surface area contributed by atoms with Crippen LogP contribution in [0.4, 0.5) is 0 Å². The lowest BCUT2D eigenvalue weighted by atomic mass is 10.0. The van der Waals surface area contributed by atoms with Crippen LogP contribution in [-0.4, -0.2) is 40.3 Å². The number of unbranched alkanes of at least 4 members (excludes halogenated alkanes) is 15. The first-order chi connectivity index (χ1) is 12.6. The first-order valence-corrected chi connectivity index (χ1v) is 12.4. The summed E-state index contributed by atoms with van der Waals surface area (Å²) >= 11 is 0. The predicted octanol–water partition coefficient (Wildman–Crippen LogP) is 5.15. The van der Waals surface area contributed by atoms with Gasteiger partial charge in [-0.1, -0.05) is 96.8 Å². The molecule has 0 saturated heterocycles. The van der Waals surface area contributed by atoms with Crippen LogP contribution in [-0.2, 0) is 4.57 Å². The van der Waals surface area contributed by atoms with Gasteiger partial charge in [0.25, 0.3) is 7.82 Å². The highest BCUT2D eigenvalue weighted by atomic mass is 31.2. The van der Waals surface area contributed by atoms with Gasteiger partial charge in [-0.25, -0.2) is 5.21 Å². The zero-order chi connectivity index (χ0) is 21.0. The van der Waals surface area contributed by atoms with E-state index in [1.807, 2.05) is 14.1 Å². The Hall–Kier alpha value is 0.0300. The van der Waals surface area contributed by atoms with Crippen molar-refractivity contribution in [1.82, 2.24) is 0 Å². The van der Waals surface area contributed by atoms with E-state index in [9.17, 15) is 5.21 Å². The zero-order valence-electron chi connectivity index (χ0n) is 18.1. The summed E-state index contributed by atoms with van der Waals surface area (Å²) in [6, 6.07) is 0. The molecule has 0 aliphatic rings. The fourth-order valence-corrected chi connectivity index (χ4v) is 3.05. The van der Waals surface area contributed by atoms with Gasteiger partial charge in [0.2, 0.25) is 0 Å².